The Labute approximate surface area is 297 Å². The molecule has 0 N–H and O–H groups in total. The molecular formula is C49H62. The second-order valence-electron chi connectivity index (χ2n) is 15.7. The molecule has 0 unspecified atom stereocenters. The molecule has 0 heteroatoms. The second kappa shape index (κ2) is 15.4. The smallest absolute Gasteiger partial charge is 0.00108 e. The molecule has 0 saturated heterocycles. The molecule has 258 valence electrons. The highest BCUT2D eigenvalue weighted by Crippen LogP contribution is 2.52. The van der Waals surface area contributed by atoms with E-state index in [1.165, 1.54) is 139 Å². The number of benzene rings is 7. The summed E-state index contributed by atoms with van der Waals surface area (Å²) < 4.78 is 0. The van der Waals surface area contributed by atoms with E-state index in [1.54, 1.807) is 81.7 Å². The van der Waals surface area contributed by atoms with Crippen LogP contribution in [-0.4, -0.2) is 0 Å². The Hall–Kier alpha value is -3.12. The molecule has 7 rings (SSSR count). The van der Waals surface area contributed by atoms with Crippen molar-refractivity contribution < 1.29 is 0 Å². The molecule has 0 heterocycles. The van der Waals surface area contributed by atoms with E-state index >= 15 is 0 Å². The molecule has 0 aliphatic carbocycles. The van der Waals surface area contributed by atoms with Crippen molar-refractivity contribution in [2.45, 2.75) is 163 Å². The maximum absolute atomic E-state index is 2.70. The van der Waals surface area contributed by atoms with Gasteiger partial charge in [-0.2, -0.15) is 0 Å². The number of hydrogen-bond acceptors (Lipinski definition) is 0. The molecule has 0 spiro atoms. The zero-order valence-corrected chi connectivity index (χ0v) is 31.7. The van der Waals surface area contributed by atoms with E-state index in [9.17, 15) is 0 Å². The van der Waals surface area contributed by atoms with Gasteiger partial charge in [-0.25, -0.2) is 0 Å². The van der Waals surface area contributed by atoms with Crippen LogP contribution < -0.4 is 0 Å². The van der Waals surface area contributed by atoms with Crippen molar-refractivity contribution in [3.63, 3.8) is 0 Å². The fourth-order valence-corrected chi connectivity index (χ4v) is 9.56. The van der Waals surface area contributed by atoms with Crippen LogP contribution in [0.4, 0.5) is 0 Å². The molecule has 0 nitrogen and oxygen atoms in total. The van der Waals surface area contributed by atoms with Gasteiger partial charge in [0.15, 0.2) is 0 Å². The first-order chi connectivity index (χ1) is 24.1. The van der Waals surface area contributed by atoms with Gasteiger partial charge in [0.1, 0.15) is 0 Å². The van der Waals surface area contributed by atoms with E-state index in [4.69, 9.17) is 0 Å². The van der Waals surface area contributed by atoms with Crippen LogP contribution in [0, 0.1) is 0 Å². The first-order valence-electron chi connectivity index (χ1n) is 20.9. The van der Waals surface area contributed by atoms with E-state index in [-0.39, 0.29) is 0 Å². The van der Waals surface area contributed by atoms with Crippen LogP contribution in [0.2, 0.25) is 0 Å². The molecule has 0 aromatic heterocycles. The van der Waals surface area contributed by atoms with Gasteiger partial charge in [-0.15, -0.1) is 0 Å². The van der Waals surface area contributed by atoms with Crippen molar-refractivity contribution >= 4 is 64.6 Å². The number of aryl methyl sites for hydroxylation is 5. The zero-order chi connectivity index (χ0) is 33.9. The third-order valence-corrected chi connectivity index (χ3v) is 12.1. The van der Waals surface area contributed by atoms with Crippen molar-refractivity contribution in [2.24, 2.45) is 0 Å². The first-order valence-corrected chi connectivity index (χ1v) is 20.9. The summed E-state index contributed by atoms with van der Waals surface area (Å²) in [7, 11) is 0. The Morgan fingerprint density at radius 3 is 0.878 bits per heavy atom. The highest BCUT2D eigenvalue weighted by molar-refractivity contribution is 6.45. The average Bonchev–Trinajstić information content (AvgIpc) is 3.11. The number of unbranched alkanes of at least 4 members (excludes halogenated alkanes) is 10. The fourth-order valence-electron chi connectivity index (χ4n) is 9.56. The lowest BCUT2D eigenvalue weighted by atomic mass is 9.76. The number of hydrogen-bond donors (Lipinski definition) is 0. The maximum Gasteiger partial charge on any atom is -0.00108 e. The molecule has 0 atom stereocenters. The monoisotopic (exact) mass is 650 g/mol. The van der Waals surface area contributed by atoms with Crippen LogP contribution in [0.3, 0.4) is 0 Å². The average molecular weight is 651 g/mol. The van der Waals surface area contributed by atoms with Gasteiger partial charge in [0.25, 0.3) is 0 Å². The van der Waals surface area contributed by atoms with E-state index in [2.05, 4.69) is 77.1 Å². The van der Waals surface area contributed by atoms with Crippen molar-refractivity contribution in [1.29, 1.82) is 0 Å². The van der Waals surface area contributed by atoms with Gasteiger partial charge in [0.2, 0.25) is 0 Å². The van der Waals surface area contributed by atoms with Crippen LogP contribution in [0.15, 0.2) is 42.5 Å². The summed E-state index contributed by atoms with van der Waals surface area (Å²) >= 11 is 0. The molecule has 49 heavy (non-hydrogen) atoms. The van der Waals surface area contributed by atoms with Gasteiger partial charge < -0.3 is 0 Å². The standard InChI is InChI=1S/C49H62/c1-6-11-16-21-33-28-38-29-34(22-17-12-7-2)42-32-37(25-20-15-10-5)43-31-36(24-19-14-9-4)40-27-26-39-35(23-18-13-8-3)30-41(33)47-44(38)48(42)49(43)46(40)45(39)47/h26-32H,6-25H2,1-5H3. The Kier molecular flexibility index (Phi) is 10.8. The van der Waals surface area contributed by atoms with Crippen molar-refractivity contribution in [3.8, 4) is 0 Å². The van der Waals surface area contributed by atoms with Gasteiger partial charge in [-0.1, -0.05) is 141 Å². The van der Waals surface area contributed by atoms with Crippen LogP contribution in [0.25, 0.3) is 64.6 Å². The molecule has 0 amide bonds. The maximum atomic E-state index is 2.70. The molecule has 7 aromatic carbocycles. The van der Waals surface area contributed by atoms with E-state index in [0.29, 0.717) is 0 Å². The largest absolute Gasteiger partial charge is 0.0654 e. The van der Waals surface area contributed by atoms with Crippen LogP contribution >= 0.6 is 0 Å². The summed E-state index contributed by atoms with van der Waals surface area (Å²) in [5.41, 5.74) is 7.99. The summed E-state index contributed by atoms with van der Waals surface area (Å²) in [4.78, 5) is 0. The Morgan fingerprint density at radius 2 is 0.551 bits per heavy atom. The van der Waals surface area contributed by atoms with E-state index in [0.717, 1.165) is 0 Å². The van der Waals surface area contributed by atoms with Crippen molar-refractivity contribution in [2.75, 3.05) is 0 Å². The molecule has 0 aliphatic rings. The predicted octanol–water partition coefficient (Wildman–Crippen LogP) is 15.6. The fraction of sp³-hybridized carbons (Fsp3) is 0.510. The van der Waals surface area contributed by atoms with Gasteiger partial charge in [0.05, 0.1) is 0 Å². The van der Waals surface area contributed by atoms with Crippen LogP contribution in [0.1, 0.15) is 159 Å². The lowest BCUT2D eigenvalue weighted by molar-refractivity contribution is 0.717. The number of rotatable bonds is 20. The van der Waals surface area contributed by atoms with Crippen LogP contribution in [-0.2, 0) is 32.1 Å². The van der Waals surface area contributed by atoms with E-state index in [1.807, 2.05) is 0 Å². The lowest BCUT2D eigenvalue weighted by Crippen LogP contribution is -2.03. The topological polar surface area (TPSA) is 0 Å². The minimum absolute atomic E-state index is 1.19. The summed E-state index contributed by atoms with van der Waals surface area (Å²) in [6.07, 6.45) is 25.3. The normalized spacial score (nSPS) is 12.6. The SMILES string of the molecule is CCCCCc1cc2cc(CCCCC)c3cc(CCCCC)c4cc(CCCCC)c5ccc6c(CCCCC)cc1c1c2c3c4c5c61. The van der Waals surface area contributed by atoms with Crippen molar-refractivity contribution in [1.82, 2.24) is 0 Å². The Morgan fingerprint density at radius 1 is 0.286 bits per heavy atom. The van der Waals surface area contributed by atoms with Crippen molar-refractivity contribution in [3.05, 3.63) is 70.3 Å². The highest BCUT2D eigenvalue weighted by atomic mass is 14.3. The quantitative estimate of drug-likeness (QED) is 0.0437. The third-order valence-electron chi connectivity index (χ3n) is 12.1. The van der Waals surface area contributed by atoms with Gasteiger partial charge in [-0.3, -0.25) is 0 Å². The van der Waals surface area contributed by atoms with E-state index < -0.39 is 0 Å². The molecule has 0 fully saturated rings. The summed E-state index contributed by atoms with van der Waals surface area (Å²) in [5, 5.41) is 18.9. The third kappa shape index (κ3) is 6.25. The summed E-state index contributed by atoms with van der Waals surface area (Å²) in [6, 6.07) is 18.5. The molecular weight excluding hydrogens is 589 g/mol. The molecule has 0 saturated carbocycles. The lowest BCUT2D eigenvalue weighted by Gasteiger charge is -2.27. The second-order valence-corrected chi connectivity index (χ2v) is 15.7. The Bertz CT molecular complexity index is 2060. The Balaban J connectivity index is 1.65. The van der Waals surface area contributed by atoms with Gasteiger partial charge in [0, 0.05) is 0 Å². The highest BCUT2D eigenvalue weighted by Gasteiger charge is 2.26. The molecule has 0 aliphatic heterocycles. The predicted molar refractivity (Wildman–Crippen MR) is 221 cm³/mol. The van der Waals surface area contributed by atoms with Gasteiger partial charge in [-0.05, 0) is 157 Å². The minimum Gasteiger partial charge on any atom is -0.0654 e. The minimum atomic E-state index is 1.19. The zero-order valence-electron chi connectivity index (χ0n) is 31.7. The molecule has 0 radical (unpaired) electrons. The molecule has 7 aromatic rings. The van der Waals surface area contributed by atoms with Gasteiger partial charge >= 0.3 is 0 Å². The summed E-state index contributed by atoms with van der Waals surface area (Å²) in [6.45, 7) is 11.7. The first kappa shape index (κ1) is 34.3. The van der Waals surface area contributed by atoms with Crippen LogP contribution in [0.5, 0.6) is 0 Å². The summed E-state index contributed by atoms with van der Waals surface area (Å²) in [5.74, 6) is 0. The molecule has 0 bridgehead atoms.